The monoisotopic (exact) mass is 250 g/mol. The van der Waals surface area contributed by atoms with Gasteiger partial charge in [0.1, 0.15) is 0 Å². The van der Waals surface area contributed by atoms with Crippen LogP contribution in [0.1, 0.15) is 22.3 Å². The Kier molecular flexibility index (Phi) is 2.98. The SMILES string of the molecule is O=C(O)c1ccc(C(F)F)c(Br)c1. The molecule has 1 N–H and O–H groups in total. The van der Waals surface area contributed by atoms with Crippen molar-refractivity contribution in [3.05, 3.63) is 33.8 Å². The topological polar surface area (TPSA) is 37.3 Å². The summed E-state index contributed by atoms with van der Waals surface area (Å²) >= 11 is 2.87. The zero-order valence-corrected chi connectivity index (χ0v) is 7.88. The van der Waals surface area contributed by atoms with E-state index in [0.29, 0.717) is 0 Å². The fraction of sp³-hybridized carbons (Fsp3) is 0.125. The molecule has 1 aromatic rings. The summed E-state index contributed by atoms with van der Waals surface area (Å²) in [6.45, 7) is 0. The highest BCUT2D eigenvalue weighted by Gasteiger charge is 2.13. The van der Waals surface area contributed by atoms with E-state index in [1.54, 1.807) is 0 Å². The minimum Gasteiger partial charge on any atom is -0.478 e. The van der Waals surface area contributed by atoms with E-state index in [1.807, 2.05) is 0 Å². The molecule has 0 unspecified atom stereocenters. The number of rotatable bonds is 2. The fourth-order valence-electron chi connectivity index (χ4n) is 0.837. The maximum absolute atomic E-state index is 12.2. The van der Waals surface area contributed by atoms with E-state index >= 15 is 0 Å². The summed E-state index contributed by atoms with van der Waals surface area (Å²) in [6, 6.07) is 3.40. The van der Waals surface area contributed by atoms with Crippen LogP contribution in [0.3, 0.4) is 0 Å². The molecular weight excluding hydrogens is 246 g/mol. The van der Waals surface area contributed by atoms with Crippen LogP contribution in [0, 0.1) is 0 Å². The van der Waals surface area contributed by atoms with Gasteiger partial charge in [-0.1, -0.05) is 22.0 Å². The van der Waals surface area contributed by atoms with Crippen molar-refractivity contribution in [2.75, 3.05) is 0 Å². The van der Waals surface area contributed by atoms with E-state index < -0.39 is 12.4 Å². The number of carboxylic acid groups (broad SMARTS) is 1. The van der Waals surface area contributed by atoms with Gasteiger partial charge in [-0.05, 0) is 12.1 Å². The molecule has 0 aliphatic heterocycles. The Morgan fingerprint density at radius 3 is 2.46 bits per heavy atom. The third-order valence-electron chi connectivity index (χ3n) is 1.48. The highest BCUT2D eigenvalue weighted by Crippen LogP contribution is 2.27. The zero-order valence-electron chi connectivity index (χ0n) is 6.30. The lowest BCUT2D eigenvalue weighted by molar-refractivity contribution is 0.0696. The van der Waals surface area contributed by atoms with Gasteiger partial charge in [-0.2, -0.15) is 0 Å². The summed E-state index contributed by atoms with van der Waals surface area (Å²) in [5, 5.41) is 8.53. The minimum atomic E-state index is -2.60. The van der Waals surface area contributed by atoms with Gasteiger partial charge in [-0.25, -0.2) is 13.6 Å². The molecule has 0 aliphatic rings. The summed E-state index contributed by atoms with van der Waals surface area (Å²) in [6.07, 6.45) is -2.60. The van der Waals surface area contributed by atoms with Crippen LogP contribution in [-0.4, -0.2) is 11.1 Å². The van der Waals surface area contributed by atoms with E-state index in [2.05, 4.69) is 15.9 Å². The highest BCUT2D eigenvalue weighted by molar-refractivity contribution is 9.10. The Morgan fingerprint density at radius 1 is 1.46 bits per heavy atom. The molecule has 13 heavy (non-hydrogen) atoms. The molecule has 0 bridgehead atoms. The Balaban J connectivity index is 3.13. The molecule has 1 rings (SSSR count). The molecule has 1 aromatic carbocycles. The van der Waals surface area contributed by atoms with Crippen molar-refractivity contribution in [2.45, 2.75) is 6.43 Å². The van der Waals surface area contributed by atoms with Crippen molar-refractivity contribution < 1.29 is 18.7 Å². The van der Waals surface area contributed by atoms with Crippen LogP contribution in [0.4, 0.5) is 8.78 Å². The Labute approximate surface area is 81.3 Å². The van der Waals surface area contributed by atoms with Crippen LogP contribution in [0.25, 0.3) is 0 Å². The number of carbonyl (C=O) groups is 1. The molecule has 0 aliphatic carbocycles. The molecule has 0 saturated heterocycles. The predicted molar refractivity (Wildman–Crippen MR) is 46.1 cm³/mol. The molecule has 0 fully saturated rings. The number of hydrogen-bond acceptors (Lipinski definition) is 1. The van der Waals surface area contributed by atoms with Crippen molar-refractivity contribution in [3.63, 3.8) is 0 Å². The average molecular weight is 251 g/mol. The molecule has 2 nitrogen and oxygen atoms in total. The molecule has 0 atom stereocenters. The summed E-state index contributed by atoms with van der Waals surface area (Å²) in [7, 11) is 0. The van der Waals surface area contributed by atoms with Gasteiger partial charge >= 0.3 is 5.97 Å². The van der Waals surface area contributed by atoms with Crippen molar-refractivity contribution in [3.8, 4) is 0 Å². The number of benzene rings is 1. The van der Waals surface area contributed by atoms with Crippen molar-refractivity contribution >= 4 is 21.9 Å². The van der Waals surface area contributed by atoms with Crippen molar-refractivity contribution in [1.82, 2.24) is 0 Å². The molecule has 0 radical (unpaired) electrons. The lowest BCUT2D eigenvalue weighted by atomic mass is 10.1. The molecule has 0 saturated carbocycles. The molecule has 0 spiro atoms. The molecule has 5 heteroatoms. The first-order chi connectivity index (χ1) is 6.02. The van der Waals surface area contributed by atoms with E-state index in [4.69, 9.17) is 5.11 Å². The van der Waals surface area contributed by atoms with E-state index in [9.17, 15) is 13.6 Å². The zero-order chi connectivity index (χ0) is 10.0. The molecular formula is C8H5BrF2O2. The largest absolute Gasteiger partial charge is 0.478 e. The van der Waals surface area contributed by atoms with Crippen LogP contribution in [-0.2, 0) is 0 Å². The number of carboxylic acids is 1. The van der Waals surface area contributed by atoms with Gasteiger partial charge in [-0.3, -0.25) is 0 Å². The molecule has 0 aromatic heterocycles. The normalized spacial score (nSPS) is 10.5. The predicted octanol–water partition coefficient (Wildman–Crippen LogP) is 3.08. The number of aromatic carboxylic acids is 1. The van der Waals surface area contributed by atoms with Crippen LogP contribution in [0.15, 0.2) is 22.7 Å². The van der Waals surface area contributed by atoms with Crippen LogP contribution in [0.5, 0.6) is 0 Å². The molecule has 70 valence electrons. The van der Waals surface area contributed by atoms with Gasteiger partial charge in [0.25, 0.3) is 6.43 Å². The standard InChI is InChI=1S/C8H5BrF2O2/c9-6-3-4(8(12)13)1-2-5(6)7(10)11/h1-3,7H,(H,12,13). The van der Waals surface area contributed by atoms with Gasteiger partial charge < -0.3 is 5.11 Å². The molecule has 0 heterocycles. The van der Waals surface area contributed by atoms with Gasteiger partial charge in [-0.15, -0.1) is 0 Å². The Hall–Kier alpha value is -0.970. The minimum absolute atomic E-state index is 0.0173. The lowest BCUT2D eigenvalue weighted by Crippen LogP contribution is -1.97. The maximum atomic E-state index is 12.2. The summed E-state index contributed by atoms with van der Waals surface area (Å²) in [5.74, 6) is -1.14. The third-order valence-corrected chi connectivity index (χ3v) is 2.17. The lowest BCUT2D eigenvalue weighted by Gasteiger charge is -2.03. The first-order valence-corrected chi connectivity index (χ1v) is 4.12. The highest BCUT2D eigenvalue weighted by atomic mass is 79.9. The Morgan fingerprint density at radius 2 is 2.08 bits per heavy atom. The first-order valence-electron chi connectivity index (χ1n) is 3.33. The van der Waals surface area contributed by atoms with E-state index in [0.717, 1.165) is 18.2 Å². The van der Waals surface area contributed by atoms with Gasteiger partial charge in [0.15, 0.2) is 0 Å². The van der Waals surface area contributed by atoms with Gasteiger partial charge in [0, 0.05) is 10.0 Å². The number of halogens is 3. The first kappa shape index (κ1) is 10.1. The third kappa shape index (κ3) is 2.24. The number of alkyl halides is 2. The number of hydrogen-bond donors (Lipinski definition) is 1. The van der Waals surface area contributed by atoms with Crippen LogP contribution in [0.2, 0.25) is 0 Å². The second kappa shape index (κ2) is 3.83. The summed E-state index contributed by atoms with van der Waals surface area (Å²) < 4.78 is 24.5. The molecule has 0 amide bonds. The van der Waals surface area contributed by atoms with Crippen molar-refractivity contribution in [2.24, 2.45) is 0 Å². The fourth-order valence-corrected chi connectivity index (χ4v) is 1.39. The van der Waals surface area contributed by atoms with E-state index in [1.165, 1.54) is 0 Å². The quantitative estimate of drug-likeness (QED) is 0.876. The van der Waals surface area contributed by atoms with E-state index in [-0.39, 0.29) is 15.6 Å². The summed E-state index contributed by atoms with van der Waals surface area (Å²) in [5.41, 5.74) is -0.221. The van der Waals surface area contributed by atoms with Gasteiger partial charge in [0.2, 0.25) is 0 Å². The smallest absolute Gasteiger partial charge is 0.335 e. The Bertz CT molecular complexity index is 339. The second-order valence-corrected chi connectivity index (χ2v) is 3.20. The van der Waals surface area contributed by atoms with Crippen LogP contribution < -0.4 is 0 Å². The maximum Gasteiger partial charge on any atom is 0.335 e. The van der Waals surface area contributed by atoms with Gasteiger partial charge in [0.05, 0.1) is 5.56 Å². The van der Waals surface area contributed by atoms with Crippen LogP contribution >= 0.6 is 15.9 Å². The van der Waals surface area contributed by atoms with Crippen molar-refractivity contribution in [1.29, 1.82) is 0 Å². The summed E-state index contributed by atoms with van der Waals surface area (Å²) in [4.78, 5) is 10.4. The second-order valence-electron chi connectivity index (χ2n) is 2.34. The average Bonchev–Trinajstić information content (AvgIpc) is 2.03.